The van der Waals surface area contributed by atoms with E-state index in [2.05, 4.69) is 22.2 Å². The first kappa shape index (κ1) is 15.7. The molecule has 1 aromatic rings. The molecule has 0 bridgehead atoms. The largest absolute Gasteiger partial charge is 0.370 e. The molecule has 1 N–H and O–H groups in total. The van der Waals surface area contributed by atoms with Crippen LogP contribution in [0.1, 0.15) is 51.1 Å². The maximum atomic E-state index is 4.48. The van der Waals surface area contributed by atoms with Crippen LogP contribution in [0, 0.1) is 6.92 Å². The number of anilines is 2. The molecule has 0 aliphatic carbocycles. The molecule has 0 aromatic carbocycles. The second kappa shape index (κ2) is 8.73. The molecule has 0 saturated heterocycles. The average molecular weight is 264 g/mol. The zero-order chi connectivity index (χ0) is 14.1. The number of hydrogen-bond donors (Lipinski definition) is 1. The highest BCUT2D eigenvalue weighted by atomic mass is 15.2. The third kappa shape index (κ3) is 6.41. The number of hydrogen-bond acceptors (Lipinski definition) is 4. The number of aromatic nitrogens is 2. The quantitative estimate of drug-likeness (QED) is 0.692. The van der Waals surface area contributed by atoms with Crippen molar-refractivity contribution < 1.29 is 0 Å². The van der Waals surface area contributed by atoms with Gasteiger partial charge >= 0.3 is 0 Å². The lowest BCUT2D eigenvalue weighted by molar-refractivity contribution is 0.616. The number of aryl methyl sites for hydroxylation is 1. The molecule has 0 aliphatic rings. The van der Waals surface area contributed by atoms with Crippen molar-refractivity contribution in [3.63, 3.8) is 0 Å². The fourth-order valence-corrected chi connectivity index (χ4v) is 1.97. The Kier molecular flexibility index (Phi) is 7.23. The maximum absolute atomic E-state index is 4.48. The maximum Gasteiger partial charge on any atom is 0.226 e. The van der Waals surface area contributed by atoms with Gasteiger partial charge in [-0.15, -0.1) is 0 Å². The standard InChI is InChI=1S/C15H28N4/c1-5-6-7-8-9-10-11-16-14-12-13(2)17-15(18-14)19(3)4/h12H,5-11H2,1-4H3,(H,16,17,18). The molecule has 0 spiro atoms. The highest BCUT2D eigenvalue weighted by Crippen LogP contribution is 2.12. The van der Waals surface area contributed by atoms with Crippen molar-refractivity contribution in [1.29, 1.82) is 0 Å². The zero-order valence-corrected chi connectivity index (χ0v) is 12.9. The first-order chi connectivity index (χ1) is 9.13. The van der Waals surface area contributed by atoms with E-state index in [9.17, 15) is 0 Å². The summed E-state index contributed by atoms with van der Waals surface area (Å²) < 4.78 is 0. The van der Waals surface area contributed by atoms with E-state index in [4.69, 9.17) is 0 Å². The summed E-state index contributed by atoms with van der Waals surface area (Å²) in [6.07, 6.45) is 7.91. The Bertz CT molecular complexity index is 363. The van der Waals surface area contributed by atoms with Gasteiger partial charge in [-0.2, -0.15) is 4.98 Å². The number of nitrogens with one attached hydrogen (secondary N) is 1. The van der Waals surface area contributed by atoms with E-state index in [0.717, 1.165) is 24.0 Å². The molecule has 0 radical (unpaired) electrons. The Morgan fingerprint density at radius 2 is 1.74 bits per heavy atom. The first-order valence-electron chi connectivity index (χ1n) is 7.40. The van der Waals surface area contributed by atoms with E-state index in [0.29, 0.717) is 0 Å². The molecule has 4 nitrogen and oxygen atoms in total. The molecule has 4 heteroatoms. The first-order valence-corrected chi connectivity index (χ1v) is 7.40. The molecule has 0 fully saturated rings. The summed E-state index contributed by atoms with van der Waals surface area (Å²) in [5, 5.41) is 3.39. The van der Waals surface area contributed by atoms with Crippen molar-refractivity contribution in [1.82, 2.24) is 9.97 Å². The van der Waals surface area contributed by atoms with Gasteiger partial charge < -0.3 is 10.2 Å². The van der Waals surface area contributed by atoms with Gasteiger partial charge in [0.05, 0.1) is 0 Å². The molecule has 1 aromatic heterocycles. The van der Waals surface area contributed by atoms with Gasteiger partial charge in [0.1, 0.15) is 5.82 Å². The van der Waals surface area contributed by atoms with Crippen LogP contribution in [0.15, 0.2) is 6.07 Å². The van der Waals surface area contributed by atoms with Gasteiger partial charge in [-0.3, -0.25) is 0 Å². The van der Waals surface area contributed by atoms with Gasteiger partial charge in [0.2, 0.25) is 5.95 Å². The van der Waals surface area contributed by atoms with Crippen LogP contribution in [-0.2, 0) is 0 Å². The predicted octanol–water partition coefficient (Wildman–Crippen LogP) is 3.62. The van der Waals surface area contributed by atoms with Gasteiger partial charge in [0.25, 0.3) is 0 Å². The van der Waals surface area contributed by atoms with E-state index < -0.39 is 0 Å². The molecular formula is C15H28N4. The minimum atomic E-state index is 0.769. The van der Waals surface area contributed by atoms with Crippen molar-refractivity contribution in [2.45, 2.75) is 52.4 Å². The summed E-state index contributed by atoms with van der Waals surface area (Å²) in [5.74, 6) is 1.70. The van der Waals surface area contributed by atoms with Crippen LogP contribution in [0.5, 0.6) is 0 Å². The molecule has 108 valence electrons. The highest BCUT2D eigenvalue weighted by molar-refractivity contribution is 5.42. The Morgan fingerprint density at radius 1 is 1.05 bits per heavy atom. The number of nitrogens with zero attached hydrogens (tertiary/aromatic N) is 3. The van der Waals surface area contributed by atoms with E-state index in [-0.39, 0.29) is 0 Å². The second-order valence-corrected chi connectivity index (χ2v) is 5.28. The van der Waals surface area contributed by atoms with Crippen molar-refractivity contribution in [2.24, 2.45) is 0 Å². The normalized spacial score (nSPS) is 10.5. The zero-order valence-electron chi connectivity index (χ0n) is 12.9. The summed E-state index contributed by atoms with van der Waals surface area (Å²) in [7, 11) is 3.93. The Hall–Kier alpha value is -1.32. The lowest BCUT2D eigenvalue weighted by Gasteiger charge is -2.13. The van der Waals surface area contributed by atoms with Crippen molar-refractivity contribution in [3.05, 3.63) is 11.8 Å². The summed E-state index contributed by atoms with van der Waals surface area (Å²) in [5.41, 5.74) is 1.00. The SMILES string of the molecule is CCCCCCCCNc1cc(C)nc(N(C)C)n1. The topological polar surface area (TPSA) is 41.1 Å². The Balaban J connectivity index is 2.29. The molecule has 19 heavy (non-hydrogen) atoms. The van der Waals surface area contributed by atoms with Crippen LogP contribution in [-0.4, -0.2) is 30.6 Å². The molecule has 1 heterocycles. The summed E-state index contributed by atoms with van der Waals surface area (Å²) >= 11 is 0. The van der Waals surface area contributed by atoms with Gasteiger partial charge in [-0.25, -0.2) is 4.98 Å². The molecular weight excluding hydrogens is 236 g/mol. The van der Waals surface area contributed by atoms with Crippen LogP contribution in [0.3, 0.4) is 0 Å². The minimum absolute atomic E-state index is 0.769. The number of unbranched alkanes of at least 4 members (excludes halogenated alkanes) is 5. The fraction of sp³-hybridized carbons (Fsp3) is 0.733. The van der Waals surface area contributed by atoms with E-state index in [1.807, 2.05) is 32.0 Å². The van der Waals surface area contributed by atoms with Crippen LogP contribution < -0.4 is 10.2 Å². The molecule has 0 saturated carbocycles. The summed E-state index contributed by atoms with van der Waals surface area (Å²) in [6, 6.07) is 2.00. The smallest absolute Gasteiger partial charge is 0.226 e. The van der Waals surface area contributed by atoms with Crippen LogP contribution in [0.25, 0.3) is 0 Å². The minimum Gasteiger partial charge on any atom is -0.370 e. The monoisotopic (exact) mass is 264 g/mol. The van der Waals surface area contributed by atoms with Gasteiger partial charge in [0.15, 0.2) is 0 Å². The fourth-order valence-electron chi connectivity index (χ4n) is 1.97. The third-order valence-electron chi connectivity index (χ3n) is 3.08. The molecule has 0 amide bonds. The molecule has 1 rings (SSSR count). The summed E-state index contributed by atoms with van der Waals surface area (Å²) in [6.45, 7) is 5.25. The Labute approximate surface area is 117 Å². The van der Waals surface area contributed by atoms with Crippen LogP contribution in [0.2, 0.25) is 0 Å². The van der Waals surface area contributed by atoms with Gasteiger partial charge in [-0.05, 0) is 13.3 Å². The van der Waals surface area contributed by atoms with E-state index in [1.54, 1.807) is 0 Å². The van der Waals surface area contributed by atoms with Crippen LogP contribution in [0.4, 0.5) is 11.8 Å². The molecule has 0 atom stereocenters. The van der Waals surface area contributed by atoms with Crippen molar-refractivity contribution in [2.75, 3.05) is 30.9 Å². The van der Waals surface area contributed by atoms with Crippen LogP contribution >= 0.6 is 0 Å². The van der Waals surface area contributed by atoms with E-state index >= 15 is 0 Å². The van der Waals surface area contributed by atoms with Crippen molar-refractivity contribution >= 4 is 11.8 Å². The van der Waals surface area contributed by atoms with Gasteiger partial charge in [-0.1, -0.05) is 39.0 Å². The Morgan fingerprint density at radius 3 is 2.42 bits per heavy atom. The lowest BCUT2D eigenvalue weighted by Crippen LogP contribution is -2.15. The van der Waals surface area contributed by atoms with E-state index in [1.165, 1.54) is 38.5 Å². The highest BCUT2D eigenvalue weighted by Gasteiger charge is 2.03. The lowest BCUT2D eigenvalue weighted by atomic mass is 10.1. The van der Waals surface area contributed by atoms with Gasteiger partial charge in [0, 0.05) is 32.4 Å². The second-order valence-electron chi connectivity index (χ2n) is 5.28. The number of rotatable bonds is 9. The molecule has 0 unspecified atom stereocenters. The summed E-state index contributed by atoms with van der Waals surface area (Å²) in [4.78, 5) is 10.8. The van der Waals surface area contributed by atoms with Crippen molar-refractivity contribution in [3.8, 4) is 0 Å². The third-order valence-corrected chi connectivity index (χ3v) is 3.08. The predicted molar refractivity (Wildman–Crippen MR) is 83.0 cm³/mol. The average Bonchev–Trinajstić information content (AvgIpc) is 2.37. The molecule has 0 aliphatic heterocycles.